The summed E-state index contributed by atoms with van der Waals surface area (Å²) < 4.78 is 5.28. The third-order valence-electron chi connectivity index (χ3n) is 4.97. The minimum Gasteiger partial charge on any atom is -0.495 e. The Labute approximate surface area is 172 Å². The molecule has 0 spiro atoms. The van der Waals surface area contributed by atoms with E-state index in [0.717, 1.165) is 45.6 Å². The summed E-state index contributed by atoms with van der Waals surface area (Å²) in [4.78, 5) is 28.9. The van der Waals surface area contributed by atoms with Crippen molar-refractivity contribution < 1.29 is 14.3 Å². The summed E-state index contributed by atoms with van der Waals surface area (Å²) in [6, 6.07) is 4.84. The molecule has 1 aliphatic heterocycles. The van der Waals surface area contributed by atoms with Crippen molar-refractivity contribution in [3.63, 3.8) is 0 Å². The smallest absolute Gasteiger partial charge is 0.241 e. The molecule has 1 fully saturated rings. The molecular formula is C20H31ClN4O3. The molecule has 156 valence electrons. The number of halogens is 1. The zero-order valence-corrected chi connectivity index (χ0v) is 17.7. The van der Waals surface area contributed by atoms with Crippen LogP contribution in [0.3, 0.4) is 0 Å². The maximum Gasteiger partial charge on any atom is 0.241 e. The van der Waals surface area contributed by atoms with E-state index in [0.29, 0.717) is 23.0 Å². The van der Waals surface area contributed by atoms with Gasteiger partial charge in [-0.2, -0.15) is 0 Å². The van der Waals surface area contributed by atoms with Gasteiger partial charge in [0.1, 0.15) is 5.75 Å². The summed E-state index contributed by atoms with van der Waals surface area (Å²) in [5.41, 5.74) is 0.564. The molecule has 0 saturated carbocycles. The molecule has 28 heavy (non-hydrogen) atoms. The van der Waals surface area contributed by atoms with Crippen molar-refractivity contribution in [3.8, 4) is 5.75 Å². The number of unbranched alkanes of at least 4 members (excludes halogenated alkanes) is 1. The van der Waals surface area contributed by atoms with Crippen LogP contribution in [-0.4, -0.2) is 74.0 Å². The number of hydrogen-bond donors (Lipinski definition) is 2. The number of piperazine rings is 1. The molecule has 8 heteroatoms. The molecule has 2 amide bonds. The van der Waals surface area contributed by atoms with Crippen LogP contribution in [0, 0.1) is 0 Å². The van der Waals surface area contributed by atoms with Gasteiger partial charge in [-0.05, 0) is 31.5 Å². The zero-order valence-electron chi connectivity index (χ0n) is 17.0. The molecule has 2 N–H and O–H groups in total. The Hall–Kier alpha value is -1.83. The van der Waals surface area contributed by atoms with Gasteiger partial charge < -0.3 is 15.4 Å². The SMILES string of the molecule is CCCCNC(=O)CN1CCN([C@@H](C)C(=O)Nc2cc(Cl)ccc2OC)CC1. The summed E-state index contributed by atoms with van der Waals surface area (Å²) in [6.45, 7) is 8.15. The van der Waals surface area contributed by atoms with Gasteiger partial charge in [-0.25, -0.2) is 0 Å². The first kappa shape index (κ1) is 22.5. The number of ether oxygens (including phenoxy) is 1. The van der Waals surface area contributed by atoms with Gasteiger partial charge in [-0.1, -0.05) is 24.9 Å². The number of methoxy groups -OCH3 is 1. The summed E-state index contributed by atoms with van der Waals surface area (Å²) in [5.74, 6) is 0.538. The van der Waals surface area contributed by atoms with Gasteiger partial charge in [0, 0.05) is 37.7 Å². The number of amides is 2. The molecule has 2 rings (SSSR count). The minimum atomic E-state index is -0.288. The quantitative estimate of drug-likeness (QED) is 0.610. The van der Waals surface area contributed by atoms with Crippen molar-refractivity contribution in [1.29, 1.82) is 0 Å². The van der Waals surface area contributed by atoms with Crippen molar-refractivity contribution >= 4 is 29.1 Å². The Morgan fingerprint density at radius 2 is 1.96 bits per heavy atom. The van der Waals surface area contributed by atoms with Crippen molar-refractivity contribution in [2.75, 3.05) is 51.7 Å². The fourth-order valence-electron chi connectivity index (χ4n) is 3.15. The van der Waals surface area contributed by atoms with Crippen molar-refractivity contribution in [1.82, 2.24) is 15.1 Å². The van der Waals surface area contributed by atoms with E-state index >= 15 is 0 Å². The second-order valence-corrected chi connectivity index (χ2v) is 7.46. The largest absolute Gasteiger partial charge is 0.495 e. The lowest BCUT2D eigenvalue weighted by molar-refractivity contribution is -0.124. The number of benzene rings is 1. The van der Waals surface area contributed by atoms with Crippen LogP contribution in [0.25, 0.3) is 0 Å². The average molecular weight is 411 g/mol. The van der Waals surface area contributed by atoms with E-state index in [2.05, 4.69) is 27.4 Å². The molecule has 1 aromatic carbocycles. The van der Waals surface area contributed by atoms with Gasteiger partial charge in [0.2, 0.25) is 11.8 Å². The molecule has 0 unspecified atom stereocenters. The molecule has 1 atom stereocenters. The molecule has 1 aliphatic rings. The van der Waals surface area contributed by atoms with Gasteiger partial charge in [0.25, 0.3) is 0 Å². The van der Waals surface area contributed by atoms with Crippen molar-refractivity contribution in [3.05, 3.63) is 23.2 Å². The molecule has 0 radical (unpaired) electrons. The topological polar surface area (TPSA) is 73.9 Å². The molecular weight excluding hydrogens is 380 g/mol. The number of carbonyl (C=O) groups is 2. The standard InChI is InChI=1S/C20H31ClN4O3/c1-4-5-8-22-19(26)14-24-9-11-25(12-10-24)15(2)20(27)23-17-13-16(21)6-7-18(17)28-3/h6-7,13,15H,4-5,8-12,14H2,1-3H3,(H,22,26)(H,23,27)/t15-/m0/s1. The highest BCUT2D eigenvalue weighted by molar-refractivity contribution is 6.31. The summed E-state index contributed by atoms with van der Waals surface area (Å²) in [6.07, 6.45) is 2.07. The number of hydrogen-bond acceptors (Lipinski definition) is 5. The molecule has 1 heterocycles. The van der Waals surface area contributed by atoms with Crippen LogP contribution in [0.1, 0.15) is 26.7 Å². The lowest BCUT2D eigenvalue weighted by Gasteiger charge is -2.37. The highest BCUT2D eigenvalue weighted by Crippen LogP contribution is 2.28. The fraction of sp³-hybridized carbons (Fsp3) is 0.600. The molecule has 0 bridgehead atoms. The van der Waals surface area contributed by atoms with E-state index in [-0.39, 0.29) is 17.9 Å². The number of carbonyl (C=O) groups excluding carboxylic acids is 2. The van der Waals surface area contributed by atoms with E-state index in [9.17, 15) is 9.59 Å². The molecule has 1 saturated heterocycles. The number of nitrogens with zero attached hydrogens (tertiary/aromatic N) is 2. The van der Waals surface area contributed by atoms with Crippen LogP contribution >= 0.6 is 11.6 Å². The molecule has 1 aromatic rings. The lowest BCUT2D eigenvalue weighted by Crippen LogP contribution is -2.54. The summed E-state index contributed by atoms with van der Waals surface area (Å²) >= 11 is 6.03. The second-order valence-electron chi connectivity index (χ2n) is 7.03. The molecule has 7 nitrogen and oxygen atoms in total. The van der Waals surface area contributed by atoms with Crippen LogP contribution in [0.5, 0.6) is 5.75 Å². The number of rotatable bonds is 9. The average Bonchev–Trinajstić information content (AvgIpc) is 2.68. The monoisotopic (exact) mass is 410 g/mol. The molecule has 0 aliphatic carbocycles. The van der Waals surface area contributed by atoms with Crippen LogP contribution < -0.4 is 15.4 Å². The first-order valence-electron chi connectivity index (χ1n) is 9.82. The highest BCUT2D eigenvalue weighted by Gasteiger charge is 2.26. The maximum absolute atomic E-state index is 12.7. The van der Waals surface area contributed by atoms with Crippen molar-refractivity contribution in [2.45, 2.75) is 32.7 Å². The van der Waals surface area contributed by atoms with Crippen LogP contribution in [-0.2, 0) is 9.59 Å². The summed E-state index contributed by atoms with van der Waals surface area (Å²) in [5, 5.41) is 6.39. The van der Waals surface area contributed by atoms with Crippen LogP contribution in [0.4, 0.5) is 5.69 Å². The van der Waals surface area contributed by atoms with E-state index in [1.807, 2.05) is 6.92 Å². The Bertz CT molecular complexity index is 663. The predicted molar refractivity (Wildman–Crippen MR) is 112 cm³/mol. The van der Waals surface area contributed by atoms with Gasteiger partial charge in [-0.15, -0.1) is 0 Å². The minimum absolute atomic E-state index is 0.0701. The first-order valence-corrected chi connectivity index (χ1v) is 10.2. The zero-order chi connectivity index (χ0) is 20.5. The number of anilines is 1. The van der Waals surface area contributed by atoms with E-state index in [1.54, 1.807) is 25.3 Å². The number of nitrogens with one attached hydrogen (secondary N) is 2. The fourth-order valence-corrected chi connectivity index (χ4v) is 3.33. The normalized spacial score (nSPS) is 16.4. The lowest BCUT2D eigenvalue weighted by atomic mass is 10.2. The summed E-state index contributed by atoms with van der Waals surface area (Å²) in [7, 11) is 1.56. The maximum atomic E-state index is 12.7. The van der Waals surface area contributed by atoms with Gasteiger partial charge >= 0.3 is 0 Å². The van der Waals surface area contributed by atoms with Crippen LogP contribution in [0.2, 0.25) is 5.02 Å². The Kier molecular flexibility index (Phi) is 9.02. The van der Waals surface area contributed by atoms with E-state index in [1.165, 1.54) is 0 Å². The Morgan fingerprint density at radius 3 is 2.61 bits per heavy atom. The Balaban J connectivity index is 1.81. The first-order chi connectivity index (χ1) is 13.4. The third-order valence-corrected chi connectivity index (χ3v) is 5.21. The van der Waals surface area contributed by atoms with Crippen LogP contribution in [0.15, 0.2) is 18.2 Å². The second kappa shape index (κ2) is 11.2. The predicted octanol–water partition coefficient (Wildman–Crippen LogP) is 2.21. The third kappa shape index (κ3) is 6.65. The van der Waals surface area contributed by atoms with E-state index in [4.69, 9.17) is 16.3 Å². The van der Waals surface area contributed by atoms with Gasteiger partial charge in [0.05, 0.1) is 25.4 Å². The molecule has 0 aromatic heterocycles. The van der Waals surface area contributed by atoms with E-state index < -0.39 is 0 Å². The van der Waals surface area contributed by atoms with Gasteiger partial charge in [0.15, 0.2) is 0 Å². The Morgan fingerprint density at radius 1 is 1.25 bits per heavy atom. The highest BCUT2D eigenvalue weighted by atomic mass is 35.5. The van der Waals surface area contributed by atoms with Gasteiger partial charge in [-0.3, -0.25) is 19.4 Å². The van der Waals surface area contributed by atoms with Crippen molar-refractivity contribution in [2.24, 2.45) is 0 Å².